The molecule has 0 unspecified atom stereocenters. The molecule has 0 saturated heterocycles. The van der Waals surface area contributed by atoms with Crippen molar-refractivity contribution in [3.8, 4) is 0 Å². The summed E-state index contributed by atoms with van der Waals surface area (Å²) in [5.74, 6) is 6.61. The Labute approximate surface area is 121 Å². The zero-order valence-corrected chi connectivity index (χ0v) is 12.4. The van der Waals surface area contributed by atoms with Crippen molar-refractivity contribution < 1.29 is 5.11 Å². The summed E-state index contributed by atoms with van der Waals surface area (Å²) < 4.78 is 0.710. The fourth-order valence-corrected chi connectivity index (χ4v) is 3.02. The van der Waals surface area contributed by atoms with E-state index in [4.69, 9.17) is 5.84 Å². The van der Waals surface area contributed by atoms with Crippen LogP contribution in [0.4, 0.5) is 11.6 Å². The first-order valence-electron chi connectivity index (χ1n) is 6.53. The van der Waals surface area contributed by atoms with E-state index in [1.165, 1.54) is 25.6 Å². The molecule has 1 saturated carbocycles. The first kappa shape index (κ1) is 14.5. The topological polar surface area (TPSA) is 96.1 Å². The number of aliphatic hydroxyl groups is 1. The van der Waals surface area contributed by atoms with Crippen molar-refractivity contribution in [1.82, 2.24) is 9.97 Å². The number of aliphatic hydroxyl groups excluding tert-OH is 1. The minimum atomic E-state index is -0.0288. The lowest BCUT2D eigenvalue weighted by molar-refractivity contribution is 0.0943. The SMILES string of the molecule is NNc1ncnc(NCC2(CO)CCCCC2)c1Br. The van der Waals surface area contributed by atoms with Crippen LogP contribution in [0.5, 0.6) is 0 Å². The fraction of sp³-hybridized carbons (Fsp3) is 0.667. The molecule has 1 aromatic rings. The first-order valence-corrected chi connectivity index (χ1v) is 7.32. The zero-order valence-electron chi connectivity index (χ0n) is 10.8. The van der Waals surface area contributed by atoms with E-state index in [1.807, 2.05) is 0 Å². The molecule has 0 aliphatic heterocycles. The number of nitrogens with two attached hydrogens (primary N) is 1. The number of halogens is 1. The first-order chi connectivity index (χ1) is 9.21. The Morgan fingerprint density at radius 1 is 1.26 bits per heavy atom. The van der Waals surface area contributed by atoms with Gasteiger partial charge in [0.15, 0.2) is 5.82 Å². The molecule has 106 valence electrons. The average Bonchev–Trinajstić information content (AvgIpc) is 2.47. The Kier molecular flexibility index (Phi) is 4.95. The lowest BCUT2D eigenvalue weighted by Gasteiger charge is -2.35. The minimum Gasteiger partial charge on any atom is -0.396 e. The number of nitrogens with zero attached hydrogens (tertiary/aromatic N) is 2. The van der Waals surface area contributed by atoms with Gasteiger partial charge in [-0.1, -0.05) is 19.3 Å². The van der Waals surface area contributed by atoms with Crippen molar-refractivity contribution in [2.75, 3.05) is 23.9 Å². The van der Waals surface area contributed by atoms with E-state index < -0.39 is 0 Å². The third-order valence-electron chi connectivity index (χ3n) is 3.81. The second kappa shape index (κ2) is 6.49. The van der Waals surface area contributed by atoms with Crippen LogP contribution in [0, 0.1) is 5.41 Å². The van der Waals surface area contributed by atoms with Gasteiger partial charge in [-0.25, -0.2) is 15.8 Å². The van der Waals surface area contributed by atoms with Gasteiger partial charge in [-0.2, -0.15) is 0 Å². The smallest absolute Gasteiger partial charge is 0.159 e. The van der Waals surface area contributed by atoms with Crippen LogP contribution in [-0.4, -0.2) is 28.2 Å². The van der Waals surface area contributed by atoms with Crippen LogP contribution >= 0.6 is 15.9 Å². The molecule has 2 rings (SSSR count). The maximum atomic E-state index is 9.67. The Morgan fingerprint density at radius 3 is 2.58 bits per heavy atom. The lowest BCUT2D eigenvalue weighted by atomic mass is 9.74. The van der Waals surface area contributed by atoms with Gasteiger partial charge in [0.1, 0.15) is 16.6 Å². The highest BCUT2D eigenvalue weighted by atomic mass is 79.9. The Hall–Kier alpha value is -0.920. The Balaban J connectivity index is 2.05. The molecule has 1 aromatic heterocycles. The molecule has 0 amide bonds. The number of aromatic nitrogens is 2. The maximum absolute atomic E-state index is 9.67. The van der Waals surface area contributed by atoms with Gasteiger partial charge in [0.25, 0.3) is 0 Å². The molecule has 0 aromatic carbocycles. The van der Waals surface area contributed by atoms with E-state index in [0.29, 0.717) is 22.7 Å². The van der Waals surface area contributed by atoms with Crippen molar-refractivity contribution in [3.05, 3.63) is 10.8 Å². The number of hydrazine groups is 1. The second-order valence-corrected chi connectivity index (χ2v) is 5.89. The number of hydrogen-bond acceptors (Lipinski definition) is 6. The van der Waals surface area contributed by atoms with Crippen molar-refractivity contribution in [1.29, 1.82) is 0 Å². The molecule has 1 aliphatic rings. The Morgan fingerprint density at radius 2 is 1.95 bits per heavy atom. The molecule has 0 bridgehead atoms. The zero-order chi connectivity index (χ0) is 13.7. The normalized spacial score (nSPS) is 18.1. The summed E-state index contributed by atoms with van der Waals surface area (Å²) in [6, 6.07) is 0. The highest BCUT2D eigenvalue weighted by Gasteiger charge is 2.31. The molecule has 0 spiro atoms. The van der Waals surface area contributed by atoms with E-state index >= 15 is 0 Å². The van der Waals surface area contributed by atoms with Crippen molar-refractivity contribution in [2.24, 2.45) is 11.3 Å². The molecule has 5 N–H and O–H groups in total. The van der Waals surface area contributed by atoms with Crippen LogP contribution in [-0.2, 0) is 0 Å². The predicted molar refractivity (Wildman–Crippen MR) is 78.6 cm³/mol. The quantitative estimate of drug-likeness (QED) is 0.486. The van der Waals surface area contributed by atoms with Gasteiger partial charge >= 0.3 is 0 Å². The number of nitrogens with one attached hydrogen (secondary N) is 2. The van der Waals surface area contributed by atoms with Crippen molar-refractivity contribution in [2.45, 2.75) is 32.1 Å². The number of hydrogen-bond donors (Lipinski definition) is 4. The molecule has 0 radical (unpaired) electrons. The van der Waals surface area contributed by atoms with E-state index in [0.717, 1.165) is 12.8 Å². The minimum absolute atomic E-state index is 0.0288. The third-order valence-corrected chi connectivity index (χ3v) is 4.56. The van der Waals surface area contributed by atoms with Crippen molar-refractivity contribution >= 4 is 27.6 Å². The van der Waals surface area contributed by atoms with E-state index in [9.17, 15) is 5.11 Å². The molecular formula is C12H20BrN5O. The highest BCUT2D eigenvalue weighted by Crippen LogP contribution is 2.36. The van der Waals surface area contributed by atoms with E-state index in [2.05, 4.69) is 36.6 Å². The van der Waals surface area contributed by atoms with Gasteiger partial charge < -0.3 is 15.8 Å². The lowest BCUT2D eigenvalue weighted by Crippen LogP contribution is -2.35. The fourth-order valence-electron chi connectivity index (χ4n) is 2.56. The molecule has 0 atom stereocenters. The average molecular weight is 330 g/mol. The van der Waals surface area contributed by atoms with Crippen LogP contribution in [0.1, 0.15) is 32.1 Å². The van der Waals surface area contributed by atoms with Crippen LogP contribution < -0.4 is 16.6 Å². The largest absolute Gasteiger partial charge is 0.396 e. The maximum Gasteiger partial charge on any atom is 0.159 e. The summed E-state index contributed by atoms with van der Waals surface area (Å²) >= 11 is 3.41. The molecule has 19 heavy (non-hydrogen) atoms. The molecule has 1 heterocycles. The highest BCUT2D eigenvalue weighted by molar-refractivity contribution is 9.10. The summed E-state index contributed by atoms with van der Waals surface area (Å²) in [7, 11) is 0. The van der Waals surface area contributed by atoms with E-state index in [-0.39, 0.29) is 12.0 Å². The van der Waals surface area contributed by atoms with Gasteiger partial charge in [-0.3, -0.25) is 0 Å². The predicted octanol–water partition coefficient (Wildman–Crippen LogP) is 1.88. The summed E-state index contributed by atoms with van der Waals surface area (Å²) in [5, 5.41) is 13.0. The van der Waals surface area contributed by atoms with Gasteiger partial charge in [-0.05, 0) is 28.8 Å². The monoisotopic (exact) mass is 329 g/mol. The summed E-state index contributed by atoms with van der Waals surface area (Å²) in [6.07, 6.45) is 7.20. The molecular weight excluding hydrogens is 310 g/mol. The molecule has 6 nitrogen and oxygen atoms in total. The second-order valence-electron chi connectivity index (χ2n) is 5.10. The van der Waals surface area contributed by atoms with Gasteiger partial charge in [-0.15, -0.1) is 0 Å². The Bertz CT molecular complexity index is 423. The van der Waals surface area contributed by atoms with Gasteiger partial charge in [0.05, 0.1) is 6.61 Å². The summed E-state index contributed by atoms with van der Waals surface area (Å²) in [5.41, 5.74) is 2.48. The third kappa shape index (κ3) is 3.34. The standard InChI is InChI=1S/C12H20BrN5O/c13-9-10(16-8-17-11(9)18-14)15-6-12(7-19)4-2-1-3-5-12/h8,19H,1-7,14H2,(H2,15,16,17,18). The van der Waals surface area contributed by atoms with Crippen LogP contribution in [0.25, 0.3) is 0 Å². The van der Waals surface area contributed by atoms with Crippen LogP contribution in [0.2, 0.25) is 0 Å². The van der Waals surface area contributed by atoms with Gasteiger partial charge in [0.2, 0.25) is 0 Å². The summed E-state index contributed by atoms with van der Waals surface area (Å²) in [6.45, 7) is 0.924. The van der Waals surface area contributed by atoms with Gasteiger partial charge in [0, 0.05) is 12.0 Å². The van der Waals surface area contributed by atoms with Crippen LogP contribution in [0.3, 0.4) is 0 Å². The van der Waals surface area contributed by atoms with E-state index in [1.54, 1.807) is 0 Å². The van der Waals surface area contributed by atoms with Crippen molar-refractivity contribution in [3.63, 3.8) is 0 Å². The molecule has 1 fully saturated rings. The summed E-state index contributed by atoms with van der Waals surface area (Å²) in [4.78, 5) is 8.20. The molecule has 1 aliphatic carbocycles. The van der Waals surface area contributed by atoms with Crippen LogP contribution in [0.15, 0.2) is 10.8 Å². The molecule has 7 heteroatoms. The number of anilines is 2. The number of nitrogen functional groups attached to an aromatic ring is 1. The number of rotatable bonds is 5.